The minimum atomic E-state index is -0.595. The van der Waals surface area contributed by atoms with Crippen molar-refractivity contribution in [3.8, 4) is 0 Å². The van der Waals surface area contributed by atoms with Crippen LogP contribution in [0.15, 0.2) is 28.7 Å². The molecule has 1 aliphatic carbocycles. The summed E-state index contributed by atoms with van der Waals surface area (Å²) in [5.74, 6) is 0.675. The van der Waals surface area contributed by atoms with Gasteiger partial charge in [0.15, 0.2) is 5.76 Å². The Morgan fingerprint density at radius 3 is 2.57 bits per heavy atom. The quantitative estimate of drug-likeness (QED) is 0.855. The van der Waals surface area contributed by atoms with Crippen LogP contribution in [0.3, 0.4) is 0 Å². The lowest BCUT2D eigenvalue weighted by atomic mass is 9.75. The van der Waals surface area contributed by atoms with Crippen molar-refractivity contribution in [3.63, 3.8) is 0 Å². The van der Waals surface area contributed by atoms with Gasteiger partial charge in [-0.15, -0.1) is 0 Å². The van der Waals surface area contributed by atoms with Gasteiger partial charge in [0.1, 0.15) is 11.6 Å². The fourth-order valence-corrected chi connectivity index (χ4v) is 4.49. The Morgan fingerprint density at radius 1 is 1.21 bits per heavy atom. The number of benzene rings is 1. The first-order valence-corrected chi connectivity index (χ1v) is 9.86. The highest BCUT2D eigenvalue weighted by atomic mass is 19.1. The van der Waals surface area contributed by atoms with Gasteiger partial charge >= 0.3 is 0 Å². The second-order valence-electron chi connectivity index (χ2n) is 8.68. The van der Waals surface area contributed by atoms with Gasteiger partial charge in [0, 0.05) is 43.7 Å². The molecular weight excluding hydrogens is 359 g/mol. The Balaban J connectivity index is 1.50. The molecule has 28 heavy (non-hydrogen) atoms. The van der Waals surface area contributed by atoms with Crippen molar-refractivity contribution < 1.29 is 18.7 Å². The SMILES string of the molecule is Cc1c(C(=O)N2CCN(c3ccccc3F)CC2)oc2c1[C@@H](O)CC(C)(C)C2. The van der Waals surface area contributed by atoms with Gasteiger partial charge < -0.3 is 19.3 Å². The van der Waals surface area contributed by atoms with E-state index < -0.39 is 6.10 Å². The van der Waals surface area contributed by atoms with Crippen LogP contribution in [0.1, 0.15) is 53.8 Å². The summed E-state index contributed by atoms with van der Waals surface area (Å²) in [6.45, 7) is 8.20. The molecule has 1 fully saturated rings. The van der Waals surface area contributed by atoms with Crippen molar-refractivity contribution in [1.29, 1.82) is 0 Å². The number of amides is 1. The van der Waals surface area contributed by atoms with Crippen LogP contribution in [0.25, 0.3) is 0 Å². The molecule has 5 nitrogen and oxygen atoms in total. The molecule has 1 aliphatic heterocycles. The summed E-state index contributed by atoms with van der Waals surface area (Å²) in [7, 11) is 0. The first kappa shape index (κ1) is 19.0. The lowest BCUT2D eigenvalue weighted by Crippen LogP contribution is -2.49. The first-order valence-electron chi connectivity index (χ1n) is 9.86. The lowest BCUT2D eigenvalue weighted by molar-refractivity contribution is 0.0703. The number of hydrogen-bond acceptors (Lipinski definition) is 4. The molecule has 1 aromatic heterocycles. The van der Waals surface area contributed by atoms with Crippen LogP contribution in [-0.2, 0) is 6.42 Å². The normalized spacial score (nSPS) is 21.5. The van der Waals surface area contributed by atoms with Crippen LogP contribution in [0.4, 0.5) is 10.1 Å². The first-order chi connectivity index (χ1) is 13.3. The summed E-state index contributed by atoms with van der Waals surface area (Å²) in [5.41, 5.74) is 2.05. The van der Waals surface area contributed by atoms with Crippen LogP contribution in [0.5, 0.6) is 0 Å². The molecule has 2 aromatic rings. The van der Waals surface area contributed by atoms with E-state index in [-0.39, 0.29) is 17.1 Å². The van der Waals surface area contributed by atoms with E-state index in [0.717, 1.165) is 16.9 Å². The number of aliphatic hydroxyl groups excluding tert-OH is 1. The fraction of sp³-hybridized carbons (Fsp3) is 0.500. The van der Waals surface area contributed by atoms with Crippen LogP contribution >= 0.6 is 0 Å². The van der Waals surface area contributed by atoms with Crippen LogP contribution in [0.2, 0.25) is 0 Å². The maximum atomic E-state index is 14.0. The minimum Gasteiger partial charge on any atom is -0.455 e. The highest BCUT2D eigenvalue weighted by Gasteiger charge is 2.38. The van der Waals surface area contributed by atoms with E-state index in [2.05, 4.69) is 13.8 Å². The van der Waals surface area contributed by atoms with Crippen molar-refractivity contribution in [3.05, 3.63) is 52.7 Å². The van der Waals surface area contributed by atoms with Crippen molar-refractivity contribution in [2.45, 2.75) is 39.7 Å². The number of furan rings is 1. The number of carbonyl (C=O) groups excluding carboxylic acids is 1. The minimum absolute atomic E-state index is 0.0532. The molecule has 1 aromatic carbocycles. The Bertz CT molecular complexity index is 897. The second kappa shape index (κ2) is 6.92. The predicted molar refractivity (Wildman–Crippen MR) is 105 cm³/mol. The molecule has 1 N–H and O–H groups in total. The number of halogens is 1. The van der Waals surface area contributed by atoms with Gasteiger partial charge in [0.2, 0.25) is 0 Å². The van der Waals surface area contributed by atoms with Crippen molar-refractivity contribution >= 4 is 11.6 Å². The van der Waals surface area contributed by atoms with Gasteiger partial charge in [-0.25, -0.2) is 4.39 Å². The van der Waals surface area contributed by atoms with Crippen LogP contribution in [0, 0.1) is 18.2 Å². The van der Waals surface area contributed by atoms with Crippen molar-refractivity contribution in [2.24, 2.45) is 5.41 Å². The number of nitrogens with zero attached hydrogens (tertiary/aromatic N) is 2. The molecule has 0 spiro atoms. The molecule has 0 unspecified atom stereocenters. The highest BCUT2D eigenvalue weighted by Crippen LogP contribution is 2.44. The number of carbonyl (C=O) groups is 1. The zero-order valence-corrected chi connectivity index (χ0v) is 16.7. The Hall–Kier alpha value is -2.34. The highest BCUT2D eigenvalue weighted by molar-refractivity contribution is 5.93. The van der Waals surface area contributed by atoms with Crippen LogP contribution in [-0.4, -0.2) is 42.1 Å². The van der Waals surface area contributed by atoms with E-state index in [1.165, 1.54) is 6.07 Å². The maximum absolute atomic E-state index is 14.0. The number of anilines is 1. The molecule has 0 bridgehead atoms. The lowest BCUT2D eigenvalue weighted by Gasteiger charge is -2.35. The predicted octanol–water partition coefficient (Wildman–Crippen LogP) is 3.70. The Morgan fingerprint density at radius 2 is 1.89 bits per heavy atom. The fourth-order valence-electron chi connectivity index (χ4n) is 4.49. The smallest absolute Gasteiger partial charge is 0.289 e. The largest absolute Gasteiger partial charge is 0.455 e. The summed E-state index contributed by atoms with van der Waals surface area (Å²) < 4.78 is 20.0. The standard InChI is InChI=1S/C22H27FN2O3/c1-14-19-17(26)12-22(2,3)13-18(19)28-20(14)21(27)25-10-8-24(9-11-25)16-7-5-4-6-15(16)23/h4-7,17,26H,8-13H2,1-3H3/t17-/m0/s1. The number of piperazine rings is 1. The Labute approximate surface area is 164 Å². The summed E-state index contributed by atoms with van der Waals surface area (Å²) >= 11 is 0. The van der Waals surface area contributed by atoms with E-state index in [4.69, 9.17) is 4.42 Å². The summed E-state index contributed by atoms with van der Waals surface area (Å²) in [5, 5.41) is 10.5. The number of hydrogen-bond donors (Lipinski definition) is 1. The monoisotopic (exact) mass is 386 g/mol. The molecule has 0 saturated carbocycles. The molecule has 2 heterocycles. The van der Waals surface area contributed by atoms with E-state index in [9.17, 15) is 14.3 Å². The molecule has 4 rings (SSSR count). The third-order valence-electron chi connectivity index (χ3n) is 5.94. The maximum Gasteiger partial charge on any atom is 0.289 e. The van der Waals surface area contributed by atoms with E-state index in [0.29, 0.717) is 50.5 Å². The third kappa shape index (κ3) is 3.30. The van der Waals surface area contributed by atoms with Gasteiger partial charge in [0.25, 0.3) is 5.91 Å². The second-order valence-corrected chi connectivity index (χ2v) is 8.68. The molecule has 0 radical (unpaired) electrons. The third-order valence-corrected chi connectivity index (χ3v) is 5.94. The molecular formula is C22H27FN2O3. The molecule has 1 amide bonds. The zero-order chi connectivity index (χ0) is 20.1. The van der Waals surface area contributed by atoms with Crippen LogP contribution < -0.4 is 4.90 Å². The molecule has 150 valence electrons. The van der Waals surface area contributed by atoms with Gasteiger partial charge in [-0.2, -0.15) is 0 Å². The van der Waals surface area contributed by atoms with E-state index in [1.807, 2.05) is 17.9 Å². The average Bonchev–Trinajstić information content (AvgIpc) is 2.97. The molecule has 2 aliphatic rings. The summed E-state index contributed by atoms with van der Waals surface area (Å²) in [6.07, 6.45) is 0.783. The van der Waals surface area contributed by atoms with Gasteiger partial charge in [0.05, 0.1) is 11.8 Å². The number of aliphatic hydroxyl groups is 1. The van der Waals surface area contributed by atoms with E-state index >= 15 is 0 Å². The van der Waals surface area contributed by atoms with Gasteiger partial charge in [-0.1, -0.05) is 26.0 Å². The molecule has 1 atom stereocenters. The van der Waals surface area contributed by atoms with Crippen molar-refractivity contribution in [1.82, 2.24) is 4.90 Å². The van der Waals surface area contributed by atoms with Gasteiger partial charge in [-0.05, 0) is 30.9 Å². The summed E-state index contributed by atoms with van der Waals surface area (Å²) in [4.78, 5) is 16.8. The molecule has 6 heteroatoms. The Kier molecular flexibility index (Phi) is 4.70. The van der Waals surface area contributed by atoms with E-state index in [1.54, 1.807) is 17.0 Å². The zero-order valence-electron chi connectivity index (χ0n) is 16.7. The topological polar surface area (TPSA) is 56.9 Å². The number of para-hydroxylation sites is 1. The number of rotatable bonds is 2. The van der Waals surface area contributed by atoms with Crippen molar-refractivity contribution in [2.75, 3.05) is 31.1 Å². The molecule has 1 saturated heterocycles. The average molecular weight is 386 g/mol. The summed E-state index contributed by atoms with van der Waals surface area (Å²) in [6, 6.07) is 6.71. The number of fused-ring (bicyclic) bond motifs is 1. The van der Waals surface area contributed by atoms with Gasteiger partial charge in [-0.3, -0.25) is 4.79 Å².